The molecule has 0 spiro atoms. The standard InChI is InChI=1S/C23H21N3O4/c1-4-29-18-11-7-16(8-12-18)22-25-21(26-30-22)19-13-14-20(24-23(19)28-3)15-5-9-17(27-2)10-6-15/h5-14H,4H2,1-3H3. The zero-order chi connectivity index (χ0) is 20.9. The quantitative estimate of drug-likeness (QED) is 0.435. The van der Waals surface area contributed by atoms with Crippen molar-refractivity contribution in [1.82, 2.24) is 15.1 Å². The topological polar surface area (TPSA) is 79.5 Å². The Bertz CT molecular complexity index is 1120. The van der Waals surface area contributed by atoms with Gasteiger partial charge in [0, 0.05) is 11.1 Å². The van der Waals surface area contributed by atoms with Crippen LogP contribution in [0.4, 0.5) is 0 Å². The smallest absolute Gasteiger partial charge is 0.258 e. The number of nitrogens with zero attached hydrogens (tertiary/aromatic N) is 3. The molecule has 0 unspecified atom stereocenters. The van der Waals surface area contributed by atoms with Crippen molar-refractivity contribution in [2.75, 3.05) is 20.8 Å². The minimum Gasteiger partial charge on any atom is -0.497 e. The maximum atomic E-state index is 5.49. The van der Waals surface area contributed by atoms with Crippen LogP contribution >= 0.6 is 0 Å². The lowest BCUT2D eigenvalue weighted by molar-refractivity contribution is 0.340. The SMILES string of the molecule is CCOc1ccc(-c2nc(-c3ccc(-c4ccc(OC)cc4)nc3OC)no2)cc1. The molecule has 2 aromatic carbocycles. The van der Waals surface area contributed by atoms with Crippen LogP contribution < -0.4 is 14.2 Å². The highest BCUT2D eigenvalue weighted by Gasteiger charge is 2.17. The maximum Gasteiger partial charge on any atom is 0.258 e. The van der Waals surface area contributed by atoms with E-state index in [9.17, 15) is 0 Å². The molecule has 0 amide bonds. The molecule has 0 N–H and O–H groups in total. The summed E-state index contributed by atoms with van der Waals surface area (Å²) in [7, 11) is 3.20. The van der Waals surface area contributed by atoms with Crippen molar-refractivity contribution >= 4 is 0 Å². The lowest BCUT2D eigenvalue weighted by atomic mass is 10.1. The summed E-state index contributed by atoms with van der Waals surface area (Å²) in [5.41, 5.74) is 3.17. The van der Waals surface area contributed by atoms with E-state index in [2.05, 4.69) is 15.1 Å². The van der Waals surface area contributed by atoms with Crippen LogP contribution in [0, 0.1) is 0 Å². The van der Waals surface area contributed by atoms with Crippen molar-refractivity contribution in [2.45, 2.75) is 6.92 Å². The first-order valence-electron chi connectivity index (χ1n) is 9.48. The molecule has 0 aliphatic heterocycles. The van der Waals surface area contributed by atoms with Gasteiger partial charge in [0.15, 0.2) is 0 Å². The molecule has 0 aliphatic rings. The second-order valence-corrected chi connectivity index (χ2v) is 6.36. The average molecular weight is 403 g/mol. The fourth-order valence-corrected chi connectivity index (χ4v) is 3.00. The van der Waals surface area contributed by atoms with Crippen LogP contribution in [0.15, 0.2) is 65.2 Å². The number of hydrogen-bond donors (Lipinski definition) is 0. The van der Waals surface area contributed by atoms with E-state index in [0.29, 0.717) is 29.8 Å². The van der Waals surface area contributed by atoms with Gasteiger partial charge in [-0.25, -0.2) is 4.98 Å². The molecular weight excluding hydrogens is 382 g/mol. The third-order valence-corrected chi connectivity index (χ3v) is 4.52. The van der Waals surface area contributed by atoms with Crippen molar-refractivity contribution < 1.29 is 18.7 Å². The predicted octanol–water partition coefficient (Wildman–Crippen LogP) is 4.88. The molecular formula is C23H21N3O4. The van der Waals surface area contributed by atoms with Gasteiger partial charge in [0.1, 0.15) is 11.5 Å². The van der Waals surface area contributed by atoms with E-state index in [0.717, 1.165) is 28.3 Å². The van der Waals surface area contributed by atoms with E-state index in [1.54, 1.807) is 14.2 Å². The first-order valence-corrected chi connectivity index (χ1v) is 9.48. The molecule has 7 nitrogen and oxygen atoms in total. The molecule has 0 fully saturated rings. The predicted molar refractivity (Wildman–Crippen MR) is 113 cm³/mol. The largest absolute Gasteiger partial charge is 0.497 e. The number of aromatic nitrogens is 3. The van der Waals surface area contributed by atoms with Crippen molar-refractivity contribution in [3.63, 3.8) is 0 Å². The van der Waals surface area contributed by atoms with Crippen molar-refractivity contribution in [3.8, 4) is 51.5 Å². The molecule has 2 aromatic heterocycles. The molecule has 0 aliphatic carbocycles. The maximum absolute atomic E-state index is 5.49. The van der Waals surface area contributed by atoms with Crippen LogP contribution in [-0.4, -0.2) is 36.0 Å². The van der Waals surface area contributed by atoms with E-state index in [1.165, 1.54) is 0 Å². The van der Waals surface area contributed by atoms with Gasteiger partial charge in [-0.3, -0.25) is 0 Å². The molecule has 0 bridgehead atoms. The van der Waals surface area contributed by atoms with Gasteiger partial charge in [0.25, 0.3) is 5.89 Å². The number of ether oxygens (including phenoxy) is 3. The Morgan fingerprint density at radius 2 is 1.47 bits per heavy atom. The van der Waals surface area contributed by atoms with Crippen LogP contribution in [0.1, 0.15) is 6.92 Å². The van der Waals surface area contributed by atoms with Gasteiger partial charge in [-0.2, -0.15) is 4.98 Å². The number of methoxy groups -OCH3 is 2. The Labute approximate surface area is 174 Å². The summed E-state index contributed by atoms with van der Waals surface area (Å²) in [4.78, 5) is 9.11. The fraction of sp³-hybridized carbons (Fsp3) is 0.174. The van der Waals surface area contributed by atoms with E-state index in [4.69, 9.17) is 18.7 Å². The zero-order valence-corrected chi connectivity index (χ0v) is 17.0. The van der Waals surface area contributed by atoms with Crippen LogP contribution in [0.25, 0.3) is 34.1 Å². The molecule has 152 valence electrons. The van der Waals surface area contributed by atoms with Gasteiger partial charge >= 0.3 is 0 Å². The summed E-state index contributed by atoms with van der Waals surface area (Å²) >= 11 is 0. The first kappa shape index (κ1) is 19.4. The Morgan fingerprint density at radius 3 is 2.13 bits per heavy atom. The molecule has 0 saturated heterocycles. The highest BCUT2D eigenvalue weighted by atomic mass is 16.5. The van der Waals surface area contributed by atoms with Gasteiger partial charge in [-0.1, -0.05) is 5.16 Å². The molecule has 4 aromatic rings. The third-order valence-electron chi connectivity index (χ3n) is 4.52. The number of benzene rings is 2. The number of hydrogen-bond acceptors (Lipinski definition) is 7. The number of pyridine rings is 1. The molecule has 30 heavy (non-hydrogen) atoms. The first-order chi connectivity index (χ1) is 14.7. The Hall–Kier alpha value is -3.87. The van der Waals surface area contributed by atoms with Gasteiger partial charge < -0.3 is 18.7 Å². The highest BCUT2D eigenvalue weighted by Crippen LogP contribution is 2.31. The number of rotatable bonds is 7. The normalized spacial score (nSPS) is 10.6. The summed E-state index contributed by atoms with van der Waals surface area (Å²) in [6.45, 7) is 2.56. The van der Waals surface area contributed by atoms with Crippen molar-refractivity contribution in [2.24, 2.45) is 0 Å². The molecule has 7 heteroatoms. The second-order valence-electron chi connectivity index (χ2n) is 6.36. The molecule has 0 radical (unpaired) electrons. The van der Waals surface area contributed by atoms with E-state index in [-0.39, 0.29) is 0 Å². The second kappa shape index (κ2) is 8.65. The minimum atomic E-state index is 0.407. The van der Waals surface area contributed by atoms with Gasteiger partial charge in [0.2, 0.25) is 11.7 Å². The molecule has 0 saturated carbocycles. The van der Waals surface area contributed by atoms with Gasteiger partial charge in [0.05, 0.1) is 32.1 Å². The summed E-state index contributed by atoms with van der Waals surface area (Å²) in [6.07, 6.45) is 0. The van der Waals surface area contributed by atoms with Gasteiger partial charge in [-0.15, -0.1) is 0 Å². The van der Waals surface area contributed by atoms with Crippen LogP contribution in [0.3, 0.4) is 0 Å². The lowest BCUT2D eigenvalue weighted by Crippen LogP contribution is -1.95. The summed E-state index contributed by atoms with van der Waals surface area (Å²) < 4.78 is 21.6. The Morgan fingerprint density at radius 1 is 0.767 bits per heavy atom. The fourth-order valence-electron chi connectivity index (χ4n) is 3.00. The summed E-state index contributed by atoms with van der Waals surface area (Å²) in [5, 5.41) is 4.10. The summed E-state index contributed by atoms with van der Waals surface area (Å²) in [6, 6.07) is 18.9. The van der Waals surface area contributed by atoms with E-state index in [1.807, 2.05) is 67.6 Å². The summed E-state index contributed by atoms with van der Waals surface area (Å²) in [5.74, 6) is 2.82. The average Bonchev–Trinajstić information content (AvgIpc) is 3.29. The van der Waals surface area contributed by atoms with Crippen LogP contribution in [0.5, 0.6) is 17.4 Å². The monoisotopic (exact) mass is 403 g/mol. The van der Waals surface area contributed by atoms with Crippen molar-refractivity contribution in [1.29, 1.82) is 0 Å². The van der Waals surface area contributed by atoms with Crippen molar-refractivity contribution in [3.05, 3.63) is 60.7 Å². The minimum absolute atomic E-state index is 0.407. The third kappa shape index (κ3) is 3.96. The Kier molecular flexibility index (Phi) is 5.61. The molecule has 4 rings (SSSR count). The Balaban J connectivity index is 1.62. The zero-order valence-electron chi connectivity index (χ0n) is 17.0. The van der Waals surface area contributed by atoms with E-state index < -0.39 is 0 Å². The van der Waals surface area contributed by atoms with Gasteiger partial charge in [-0.05, 0) is 67.6 Å². The molecule has 2 heterocycles. The van der Waals surface area contributed by atoms with Crippen LogP contribution in [0.2, 0.25) is 0 Å². The molecule has 0 atom stereocenters. The lowest BCUT2D eigenvalue weighted by Gasteiger charge is -2.08. The van der Waals surface area contributed by atoms with E-state index >= 15 is 0 Å². The highest BCUT2D eigenvalue weighted by molar-refractivity contribution is 5.69. The van der Waals surface area contributed by atoms with Crippen LogP contribution in [-0.2, 0) is 0 Å².